The van der Waals surface area contributed by atoms with Gasteiger partial charge in [0, 0.05) is 12.5 Å². The van der Waals surface area contributed by atoms with Gasteiger partial charge >= 0.3 is 0 Å². The summed E-state index contributed by atoms with van der Waals surface area (Å²) in [6.07, 6.45) is 2.38. The molecular formula is C15H17NO3. The molecule has 0 fully saturated rings. The molecule has 0 saturated heterocycles. The Bertz CT molecular complexity index is 514. The molecule has 1 aromatic heterocycles. The molecule has 0 spiro atoms. The van der Waals surface area contributed by atoms with Crippen molar-refractivity contribution in [3.05, 3.63) is 53.9 Å². The summed E-state index contributed by atoms with van der Waals surface area (Å²) in [5.41, 5.74) is 1.79. The zero-order chi connectivity index (χ0) is 13.5. The van der Waals surface area contributed by atoms with Crippen molar-refractivity contribution in [2.45, 2.75) is 13.0 Å². The predicted octanol–water partition coefficient (Wildman–Crippen LogP) is 2.20. The largest absolute Gasteiger partial charge is 0.491 e. The number of aromatic nitrogens is 1. The van der Waals surface area contributed by atoms with Gasteiger partial charge < -0.3 is 14.6 Å². The molecule has 4 heteroatoms. The Kier molecular flexibility index (Phi) is 4.75. The molecule has 100 valence electrons. The highest BCUT2D eigenvalue weighted by atomic mass is 16.5. The number of ether oxygens (including phenoxy) is 2. The molecule has 2 aromatic rings. The van der Waals surface area contributed by atoms with Crippen molar-refractivity contribution >= 4 is 0 Å². The standard InChI is InChI=1S/C15H17NO3/c1-18-15-10-16-13(11-17)9-14(15)19-8-7-12-5-3-2-4-6-12/h2-6,9-10,17H,7-8,11H2,1H3. The summed E-state index contributed by atoms with van der Waals surface area (Å²) in [5.74, 6) is 1.18. The summed E-state index contributed by atoms with van der Waals surface area (Å²) in [5, 5.41) is 9.07. The molecule has 1 aromatic carbocycles. The Morgan fingerprint density at radius 2 is 1.95 bits per heavy atom. The number of methoxy groups -OCH3 is 1. The van der Waals surface area contributed by atoms with Crippen molar-refractivity contribution in [1.82, 2.24) is 4.98 Å². The molecule has 19 heavy (non-hydrogen) atoms. The third-order valence-corrected chi connectivity index (χ3v) is 2.76. The average molecular weight is 259 g/mol. The lowest BCUT2D eigenvalue weighted by molar-refractivity contribution is 0.270. The van der Waals surface area contributed by atoms with Crippen LogP contribution >= 0.6 is 0 Å². The predicted molar refractivity (Wildman–Crippen MR) is 72.4 cm³/mol. The summed E-state index contributed by atoms with van der Waals surface area (Å²) < 4.78 is 10.9. The van der Waals surface area contributed by atoms with Crippen molar-refractivity contribution in [2.24, 2.45) is 0 Å². The maximum absolute atomic E-state index is 9.07. The van der Waals surface area contributed by atoms with E-state index in [2.05, 4.69) is 17.1 Å². The van der Waals surface area contributed by atoms with Gasteiger partial charge in [0.05, 0.1) is 32.2 Å². The number of aliphatic hydroxyl groups excluding tert-OH is 1. The van der Waals surface area contributed by atoms with Crippen LogP contribution in [0.4, 0.5) is 0 Å². The number of benzene rings is 1. The Balaban J connectivity index is 1.98. The maximum atomic E-state index is 9.07. The Hall–Kier alpha value is -2.07. The molecule has 0 saturated carbocycles. The SMILES string of the molecule is COc1cnc(CO)cc1OCCc1ccccc1. The first-order valence-electron chi connectivity index (χ1n) is 6.14. The molecule has 0 bridgehead atoms. The molecule has 0 aliphatic carbocycles. The minimum Gasteiger partial charge on any atom is -0.491 e. The van der Waals surface area contributed by atoms with E-state index >= 15 is 0 Å². The van der Waals surface area contributed by atoms with Crippen LogP contribution in [0.15, 0.2) is 42.6 Å². The second-order valence-electron chi connectivity index (χ2n) is 4.07. The fourth-order valence-corrected chi connectivity index (χ4v) is 1.74. The van der Waals surface area contributed by atoms with E-state index in [1.807, 2.05) is 18.2 Å². The van der Waals surface area contributed by atoms with Gasteiger partial charge in [-0.3, -0.25) is 4.98 Å². The molecular weight excluding hydrogens is 242 g/mol. The Labute approximate surface area is 112 Å². The molecule has 0 aliphatic rings. The van der Waals surface area contributed by atoms with Crippen LogP contribution in [-0.2, 0) is 13.0 Å². The minimum absolute atomic E-state index is 0.112. The van der Waals surface area contributed by atoms with Gasteiger partial charge in [-0.05, 0) is 5.56 Å². The molecule has 0 radical (unpaired) electrons. The monoisotopic (exact) mass is 259 g/mol. The lowest BCUT2D eigenvalue weighted by Crippen LogP contribution is -2.04. The van der Waals surface area contributed by atoms with E-state index < -0.39 is 0 Å². The lowest BCUT2D eigenvalue weighted by Gasteiger charge is -2.11. The first-order valence-corrected chi connectivity index (χ1v) is 6.14. The van der Waals surface area contributed by atoms with Crippen molar-refractivity contribution in [1.29, 1.82) is 0 Å². The maximum Gasteiger partial charge on any atom is 0.179 e. The molecule has 0 unspecified atom stereocenters. The van der Waals surface area contributed by atoms with E-state index in [0.29, 0.717) is 23.8 Å². The molecule has 1 heterocycles. The minimum atomic E-state index is -0.112. The third kappa shape index (κ3) is 3.69. The quantitative estimate of drug-likeness (QED) is 0.864. The first kappa shape index (κ1) is 13.4. The number of pyridine rings is 1. The molecule has 1 N–H and O–H groups in total. The van der Waals surface area contributed by atoms with Gasteiger partial charge in [-0.1, -0.05) is 30.3 Å². The van der Waals surface area contributed by atoms with E-state index in [4.69, 9.17) is 14.6 Å². The highest BCUT2D eigenvalue weighted by molar-refractivity contribution is 5.38. The number of nitrogens with zero attached hydrogens (tertiary/aromatic N) is 1. The zero-order valence-corrected chi connectivity index (χ0v) is 10.9. The van der Waals surface area contributed by atoms with Crippen LogP contribution in [0.3, 0.4) is 0 Å². The van der Waals surface area contributed by atoms with Gasteiger partial charge in [0.15, 0.2) is 11.5 Å². The van der Waals surface area contributed by atoms with E-state index in [1.54, 1.807) is 19.4 Å². The van der Waals surface area contributed by atoms with Crippen LogP contribution < -0.4 is 9.47 Å². The van der Waals surface area contributed by atoms with Gasteiger partial charge in [-0.25, -0.2) is 0 Å². The van der Waals surface area contributed by atoms with Crippen LogP contribution in [0.2, 0.25) is 0 Å². The molecule has 0 amide bonds. The van der Waals surface area contributed by atoms with Crippen LogP contribution in [0.5, 0.6) is 11.5 Å². The summed E-state index contributed by atoms with van der Waals surface area (Å²) >= 11 is 0. The van der Waals surface area contributed by atoms with Crippen LogP contribution in [-0.4, -0.2) is 23.8 Å². The molecule has 2 rings (SSSR count). The van der Waals surface area contributed by atoms with E-state index in [9.17, 15) is 0 Å². The Morgan fingerprint density at radius 3 is 2.63 bits per heavy atom. The second-order valence-corrected chi connectivity index (χ2v) is 4.07. The summed E-state index contributed by atoms with van der Waals surface area (Å²) in [6, 6.07) is 11.8. The number of hydrogen-bond acceptors (Lipinski definition) is 4. The van der Waals surface area contributed by atoms with Gasteiger partial charge in [0.1, 0.15) is 0 Å². The first-order chi connectivity index (χ1) is 9.33. The summed E-state index contributed by atoms with van der Waals surface area (Å²) in [7, 11) is 1.57. The van der Waals surface area contributed by atoms with E-state index in [-0.39, 0.29) is 6.61 Å². The lowest BCUT2D eigenvalue weighted by atomic mass is 10.2. The van der Waals surface area contributed by atoms with Gasteiger partial charge in [-0.15, -0.1) is 0 Å². The highest BCUT2D eigenvalue weighted by Gasteiger charge is 2.06. The van der Waals surface area contributed by atoms with Crippen LogP contribution in [0.1, 0.15) is 11.3 Å². The van der Waals surface area contributed by atoms with E-state index in [0.717, 1.165) is 6.42 Å². The van der Waals surface area contributed by atoms with Gasteiger partial charge in [0.25, 0.3) is 0 Å². The van der Waals surface area contributed by atoms with Crippen LogP contribution in [0.25, 0.3) is 0 Å². The molecule has 0 aliphatic heterocycles. The van der Waals surface area contributed by atoms with Crippen LogP contribution in [0, 0.1) is 0 Å². The number of aliphatic hydroxyl groups is 1. The van der Waals surface area contributed by atoms with Gasteiger partial charge in [0.2, 0.25) is 0 Å². The second kappa shape index (κ2) is 6.75. The smallest absolute Gasteiger partial charge is 0.179 e. The summed E-state index contributed by atoms with van der Waals surface area (Å²) in [6.45, 7) is 0.439. The fourth-order valence-electron chi connectivity index (χ4n) is 1.74. The topological polar surface area (TPSA) is 51.6 Å². The fraction of sp³-hybridized carbons (Fsp3) is 0.267. The van der Waals surface area contributed by atoms with Crippen molar-refractivity contribution < 1.29 is 14.6 Å². The number of hydrogen-bond donors (Lipinski definition) is 1. The molecule has 4 nitrogen and oxygen atoms in total. The van der Waals surface area contributed by atoms with Crippen molar-refractivity contribution in [3.63, 3.8) is 0 Å². The molecule has 0 atom stereocenters. The van der Waals surface area contributed by atoms with Crippen molar-refractivity contribution in [2.75, 3.05) is 13.7 Å². The number of rotatable bonds is 6. The Morgan fingerprint density at radius 1 is 1.16 bits per heavy atom. The normalized spacial score (nSPS) is 10.2. The van der Waals surface area contributed by atoms with E-state index in [1.165, 1.54) is 5.56 Å². The average Bonchev–Trinajstić information content (AvgIpc) is 2.48. The third-order valence-electron chi connectivity index (χ3n) is 2.76. The highest BCUT2D eigenvalue weighted by Crippen LogP contribution is 2.26. The van der Waals surface area contributed by atoms with Crippen molar-refractivity contribution in [3.8, 4) is 11.5 Å². The summed E-state index contributed by atoms with van der Waals surface area (Å²) in [4.78, 5) is 4.04. The zero-order valence-electron chi connectivity index (χ0n) is 10.9. The van der Waals surface area contributed by atoms with Gasteiger partial charge in [-0.2, -0.15) is 0 Å².